The molecule has 4 heteroatoms. The average molecular weight is 264 g/mol. The summed E-state index contributed by atoms with van der Waals surface area (Å²) in [7, 11) is 3.41. The van der Waals surface area contributed by atoms with Crippen molar-refractivity contribution in [3.8, 4) is 11.5 Å². The van der Waals surface area contributed by atoms with Crippen molar-refractivity contribution in [2.24, 2.45) is 0 Å². The monoisotopic (exact) mass is 264 g/mol. The fourth-order valence-corrected chi connectivity index (χ4v) is 2.52. The summed E-state index contributed by atoms with van der Waals surface area (Å²) in [6.07, 6.45) is 1.13. The van der Waals surface area contributed by atoms with Gasteiger partial charge in [0, 0.05) is 31.2 Å². The van der Waals surface area contributed by atoms with Crippen molar-refractivity contribution in [1.29, 1.82) is 0 Å². The van der Waals surface area contributed by atoms with Crippen LogP contribution in [0.2, 0.25) is 0 Å². The summed E-state index contributed by atoms with van der Waals surface area (Å²) in [6, 6.07) is 6.97. The van der Waals surface area contributed by atoms with E-state index in [0.717, 1.165) is 36.7 Å². The van der Waals surface area contributed by atoms with Gasteiger partial charge >= 0.3 is 0 Å². The minimum absolute atomic E-state index is 0.436. The SMILES string of the molecule is COc1ccc(OC)c(N2CCC(C)NCC2C)c1. The third kappa shape index (κ3) is 3.13. The van der Waals surface area contributed by atoms with E-state index in [1.807, 2.05) is 12.1 Å². The van der Waals surface area contributed by atoms with Crippen molar-refractivity contribution in [3.63, 3.8) is 0 Å². The number of benzene rings is 1. The summed E-state index contributed by atoms with van der Waals surface area (Å²) in [5.74, 6) is 1.77. The lowest BCUT2D eigenvalue weighted by molar-refractivity contribution is 0.402. The van der Waals surface area contributed by atoms with Crippen LogP contribution in [0.5, 0.6) is 11.5 Å². The van der Waals surface area contributed by atoms with Crippen molar-refractivity contribution in [2.45, 2.75) is 32.4 Å². The van der Waals surface area contributed by atoms with E-state index in [-0.39, 0.29) is 0 Å². The summed E-state index contributed by atoms with van der Waals surface area (Å²) < 4.78 is 10.8. The Bertz CT molecular complexity index is 423. The third-order valence-electron chi connectivity index (χ3n) is 3.79. The first-order valence-corrected chi connectivity index (χ1v) is 6.87. The zero-order chi connectivity index (χ0) is 13.8. The fraction of sp³-hybridized carbons (Fsp3) is 0.600. The van der Waals surface area contributed by atoms with E-state index in [0.29, 0.717) is 12.1 Å². The Kier molecular flexibility index (Phi) is 4.53. The van der Waals surface area contributed by atoms with Crippen LogP contribution < -0.4 is 19.7 Å². The predicted molar refractivity (Wildman–Crippen MR) is 78.4 cm³/mol. The molecular weight excluding hydrogens is 240 g/mol. The minimum Gasteiger partial charge on any atom is -0.497 e. The van der Waals surface area contributed by atoms with E-state index in [1.165, 1.54) is 0 Å². The summed E-state index contributed by atoms with van der Waals surface area (Å²) in [4.78, 5) is 2.40. The number of nitrogens with one attached hydrogen (secondary N) is 1. The highest BCUT2D eigenvalue weighted by atomic mass is 16.5. The Morgan fingerprint density at radius 2 is 2.00 bits per heavy atom. The van der Waals surface area contributed by atoms with Crippen LogP contribution in [0.15, 0.2) is 18.2 Å². The summed E-state index contributed by atoms with van der Waals surface area (Å²) >= 11 is 0. The van der Waals surface area contributed by atoms with E-state index in [9.17, 15) is 0 Å². The molecule has 1 aliphatic heterocycles. The van der Waals surface area contributed by atoms with Crippen LogP contribution in [0, 0.1) is 0 Å². The van der Waals surface area contributed by atoms with Crippen molar-refractivity contribution < 1.29 is 9.47 Å². The number of methoxy groups -OCH3 is 2. The van der Waals surface area contributed by atoms with E-state index in [1.54, 1.807) is 14.2 Å². The topological polar surface area (TPSA) is 33.7 Å². The van der Waals surface area contributed by atoms with Gasteiger partial charge in [-0.05, 0) is 32.4 Å². The third-order valence-corrected chi connectivity index (χ3v) is 3.79. The van der Waals surface area contributed by atoms with Crippen molar-refractivity contribution in [1.82, 2.24) is 5.32 Å². The van der Waals surface area contributed by atoms with Crippen LogP contribution in [0.25, 0.3) is 0 Å². The highest BCUT2D eigenvalue weighted by Gasteiger charge is 2.22. The van der Waals surface area contributed by atoms with Crippen LogP contribution in [0.3, 0.4) is 0 Å². The molecule has 19 heavy (non-hydrogen) atoms. The minimum atomic E-state index is 0.436. The lowest BCUT2D eigenvalue weighted by Gasteiger charge is -2.30. The van der Waals surface area contributed by atoms with Crippen LogP contribution in [0.4, 0.5) is 5.69 Å². The molecule has 1 aliphatic rings. The first-order chi connectivity index (χ1) is 9.15. The second kappa shape index (κ2) is 6.15. The molecule has 106 valence electrons. The van der Waals surface area contributed by atoms with Gasteiger partial charge in [0.1, 0.15) is 11.5 Å². The van der Waals surface area contributed by atoms with Gasteiger partial charge in [-0.15, -0.1) is 0 Å². The normalized spacial score (nSPS) is 23.9. The summed E-state index contributed by atoms with van der Waals surface area (Å²) in [5, 5.41) is 3.55. The molecule has 1 heterocycles. The van der Waals surface area contributed by atoms with E-state index < -0.39 is 0 Å². The first kappa shape index (κ1) is 14.0. The van der Waals surface area contributed by atoms with Gasteiger partial charge in [0.25, 0.3) is 0 Å². The number of hydrogen-bond acceptors (Lipinski definition) is 4. The average Bonchev–Trinajstić information content (AvgIpc) is 2.60. The number of anilines is 1. The van der Waals surface area contributed by atoms with Gasteiger partial charge in [-0.2, -0.15) is 0 Å². The fourth-order valence-electron chi connectivity index (χ4n) is 2.52. The largest absolute Gasteiger partial charge is 0.497 e. The van der Waals surface area contributed by atoms with Gasteiger partial charge in [0.05, 0.1) is 19.9 Å². The van der Waals surface area contributed by atoms with Crippen LogP contribution in [0.1, 0.15) is 20.3 Å². The number of ether oxygens (including phenoxy) is 2. The molecule has 2 unspecified atom stereocenters. The smallest absolute Gasteiger partial charge is 0.142 e. The highest BCUT2D eigenvalue weighted by molar-refractivity contribution is 5.62. The van der Waals surface area contributed by atoms with Crippen LogP contribution >= 0.6 is 0 Å². The Balaban J connectivity index is 2.32. The number of rotatable bonds is 3. The maximum atomic E-state index is 5.50. The molecule has 0 amide bonds. The zero-order valence-corrected chi connectivity index (χ0v) is 12.3. The predicted octanol–water partition coefficient (Wildman–Crippen LogP) is 2.28. The van der Waals surface area contributed by atoms with E-state index >= 15 is 0 Å². The van der Waals surface area contributed by atoms with Gasteiger partial charge in [0.15, 0.2) is 0 Å². The maximum Gasteiger partial charge on any atom is 0.142 e. The molecule has 4 nitrogen and oxygen atoms in total. The molecular formula is C15H24N2O2. The van der Waals surface area contributed by atoms with Crippen LogP contribution in [-0.4, -0.2) is 39.4 Å². The van der Waals surface area contributed by atoms with Crippen molar-refractivity contribution >= 4 is 5.69 Å². The van der Waals surface area contributed by atoms with E-state index in [2.05, 4.69) is 30.1 Å². The highest BCUT2D eigenvalue weighted by Crippen LogP contribution is 2.34. The molecule has 1 saturated heterocycles. The number of nitrogens with zero attached hydrogens (tertiary/aromatic N) is 1. The molecule has 0 spiro atoms. The number of hydrogen-bond donors (Lipinski definition) is 1. The van der Waals surface area contributed by atoms with Crippen molar-refractivity contribution in [2.75, 3.05) is 32.2 Å². The zero-order valence-electron chi connectivity index (χ0n) is 12.3. The molecule has 2 rings (SSSR count). The molecule has 0 saturated carbocycles. The van der Waals surface area contributed by atoms with Gasteiger partial charge in [-0.3, -0.25) is 0 Å². The Morgan fingerprint density at radius 1 is 1.21 bits per heavy atom. The molecule has 1 aromatic carbocycles. The Hall–Kier alpha value is -1.42. The molecule has 0 bridgehead atoms. The second-order valence-corrected chi connectivity index (χ2v) is 5.18. The van der Waals surface area contributed by atoms with Crippen LogP contribution in [-0.2, 0) is 0 Å². The van der Waals surface area contributed by atoms with Gasteiger partial charge in [0.2, 0.25) is 0 Å². The summed E-state index contributed by atoms with van der Waals surface area (Å²) in [6.45, 7) is 6.49. The second-order valence-electron chi connectivity index (χ2n) is 5.18. The van der Waals surface area contributed by atoms with Gasteiger partial charge in [-0.25, -0.2) is 0 Å². The Morgan fingerprint density at radius 3 is 2.68 bits per heavy atom. The molecule has 2 atom stereocenters. The Labute approximate surface area is 115 Å². The van der Waals surface area contributed by atoms with Crippen molar-refractivity contribution in [3.05, 3.63) is 18.2 Å². The maximum absolute atomic E-state index is 5.50. The molecule has 0 aliphatic carbocycles. The van der Waals surface area contributed by atoms with E-state index in [4.69, 9.17) is 9.47 Å². The molecule has 1 fully saturated rings. The van der Waals surface area contributed by atoms with Gasteiger partial charge in [-0.1, -0.05) is 0 Å². The standard InChI is InChI=1S/C15H24N2O2/c1-11-7-8-17(12(2)10-16-11)14-9-13(18-3)5-6-15(14)19-4/h5-6,9,11-12,16H,7-8,10H2,1-4H3. The summed E-state index contributed by atoms with van der Waals surface area (Å²) in [5.41, 5.74) is 1.12. The molecule has 0 radical (unpaired) electrons. The lowest BCUT2D eigenvalue weighted by Crippen LogP contribution is -2.38. The lowest BCUT2D eigenvalue weighted by atomic mass is 10.2. The molecule has 1 aromatic rings. The molecule has 1 N–H and O–H groups in total. The first-order valence-electron chi connectivity index (χ1n) is 6.87. The van der Waals surface area contributed by atoms with Gasteiger partial charge < -0.3 is 19.7 Å². The quantitative estimate of drug-likeness (QED) is 0.908. The molecule has 0 aromatic heterocycles.